The molecule has 0 aromatic rings. The van der Waals surface area contributed by atoms with E-state index in [4.69, 9.17) is 4.74 Å². The fraction of sp³-hybridized carbons (Fsp3) is 0.800. The maximum absolute atomic E-state index is 12.5. The molecule has 1 atom stereocenters. The van der Waals surface area contributed by atoms with E-state index in [0.29, 0.717) is 6.61 Å². The highest BCUT2D eigenvalue weighted by Crippen LogP contribution is 2.41. The molecule has 1 aliphatic rings. The van der Waals surface area contributed by atoms with Crippen LogP contribution in [0.3, 0.4) is 0 Å². The highest BCUT2D eigenvalue weighted by molar-refractivity contribution is 6.15. The topological polar surface area (TPSA) is 63.7 Å². The summed E-state index contributed by atoms with van der Waals surface area (Å²) in [5, 5.41) is 0. The van der Waals surface area contributed by atoms with E-state index in [-0.39, 0.29) is 5.91 Å². The number of unbranched alkanes of at least 4 members (excludes halogenated alkanes) is 1. The minimum Gasteiger partial charge on any atom is -0.465 e. The van der Waals surface area contributed by atoms with Crippen LogP contribution in [0.2, 0.25) is 0 Å². The predicted molar refractivity (Wildman–Crippen MR) is 74.7 cm³/mol. The molecule has 0 radical (unpaired) electrons. The molecule has 1 aliphatic heterocycles. The van der Waals surface area contributed by atoms with Gasteiger partial charge in [-0.2, -0.15) is 0 Å². The van der Waals surface area contributed by atoms with Crippen LogP contribution in [0.15, 0.2) is 0 Å². The zero-order valence-corrected chi connectivity index (χ0v) is 13.3. The van der Waals surface area contributed by atoms with Crippen LogP contribution in [0, 0.1) is 11.3 Å². The average Bonchev–Trinajstić information content (AvgIpc) is 2.44. The third kappa shape index (κ3) is 2.86. The molecule has 114 valence electrons. The lowest BCUT2D eigenvalue weighted by Crippen LogP contribution is -2.46. The molecule has 1 unspecified atom stereocenters. The maximum Gasteiger partial charge on any atom is 0.319 e. The van der Waals surface area contributed by atoms with Gasteiger partial charge < -0.3 is 4.74 Å². The molecule has 0 spiro atoms. The fourth-order valence-electron chi connectivity index (χ4n) is 2.38. The largest absolute Gasteiger partial charge is 0.465 e. The number of hydrogen-bond acceptors (Lipinski definition) is 4. The second kappa shape index (κ2) is 5.54. The molecule has 2 amide bonds. The minimum atomic E-state index is -1.05. The number of likely N-dealkylation sites (tertiary alicyclic amines) is 1. The van der Waals surface area contributed by atoms with Crippen molar-refractivity contribution >= 4 is 17.8 Å². The molecular formula is C15H25NO4. The van der Waals surface area contributed by atoms with Crippen molar-refractivity contribution in [2.24, 2.45) is 11.3 Å². The molecule has 0 N–H and O–H groups in total. The Balaban J connectivity index is 2.99. The van der Waals surface area contributed by atoms with Crippen molar-refractivity contribution in [1.82, 2.24) is 4.90 Å². The smallest absolute Gasteiger partial charge is 0.319 e. The Bertz CT molecular complexity index is 420. The molecule has 0 aromatic heterocycles. The molecule has 1 rings (SSSR count). The van der Waals surface area contributed by atoms with Crippen molar-refractivity contribution in [2.45, 2.75) is 59.9 Å². The first-order valence-corrected chi connectivity index (χ1v) is 7.10. The standard InChI is InChI=1S/C15H25NO4/c1-7-8-9-20-12(18)10-11(17)16(14(2,3)4)13(19)15(10,5)6/h10H,7-9H2,1-6H3. The van der Waals surface area contributed by atoms with Crippen molar-refractivity contribution in [1.29, 1.82) is 0 Å². The second-order valence-corrected chi connectivity index (χ2v) is 6.83. The lowest BCUT2D eigenvalue weighted by atomic mass is 9.81. The van der Waals surface area contributed by atoms with E-state index in [1.165, 1.54) is 4.90 Å². The zero-order valence-electron chi connectivity index (χ0n) is 13.3. The number of rotatable bonds is 4. The summed E-state index contributed by atoms with van der Waals surface area (Å²) in [6.07, 6.45) is 1.66. The lowest BCUT2D eigenvalue weighted by Gasteiger charge is -2.30. The van der Waals surface area contributed by atoms with Crippen LogP contribution in [0.25, 0.3) is 0 Å². The zero-order chi connectivity index (χ0) is 15.7. The molecule has 0 aliphatic carbocycles. The number of hydrogen-bond donors (Lipinski definition) is 0. The van der Waals surface area contributed by atoms with Crippen molar-refractivity contribution in [2.75, 3.05) is 6.61 Å². The molecule has 5 heteroatoms. The van der Waals surface area contributed by atoms with E-state index in [2.05, 4.69) is 0 Å². The molecule has 1 fully saturated rings. The molecular weight excluding hydrogens is 258 g/mol. The van der Waals surface area contributed by atoms with Crippen LogP contribution < -0.4 is 0 Å². The third-order valence-electron chi connectivity index (χ3n) is 3.59. The normalized spacial score (nSPS) is 22.3. The van der Waals surface area contributed by atoms with Gasteiger partial charge in [-0.1, -0.05) is 13.3 Å². The number of imide groups is 1. The Hall–Kier alpha value is -1.39. The summed E-state index contributed by atoms with van der Waals surface area (Å²) in [5.41, 5.74) is -1.68. The molecule has 1 saturated heterocycles. The van der Waals surface area contributed by atoms with Gasteiger partial charge in [0.15, 0.2) is 0 Å². The molecule has 1 heterocycles. The van der Waals surface area contributed by atoms with Crippen LogP contribution in [0.1, 0.15) is 54.4 Å². The van der Waals surface area contributed by atoms with Gasteiger partial charge in [0.2, 0.25) is 11.8 Å². The summed E-state index contributed by atoms with van der Waals surface area (Å²) in [5.74, 6) is -2.39. The van der Waals surface area contributed by atoms with E-state index in [9.17, 15) is 14.4 Å². The Kier molecular flexibility index (Phi) is 4.62. The summed E-state index contributed by atoms with van der Waals surface area (Å²) < 4.78 is 5.14. The molecule has 5 nitrogen and oxygen atoms in total. The number of carbonyl (C=O) groups excluding carboxylic acids is 3. The molecule has 0 bridgehead atoms. The van der Waals surface area contributed by atoms with E-state index in [1.54, 1.807) is 34.6 Å². The highest BCUT2D eigenvalue weighted by Gasteiger charge is 2.60. The molecule has 0 aromatic carbocycles. The quantitative estimate of drug-likeness (QED) is 0.343. The van der Waals surface area contributed by atoms with Crippen LogP contribution in [0.5, 0.6) is 0 Å². The number of carbonyl (C=O) groups is 3. The van der Waals surface area contributed by atoms with E-state index >= 15 is 0 Å². The van der Waals surface area contributed by atoms with Crippen LogP contribution in [-0.4, -0.2) is 34.8 Å². The van der Waals surface area contributed by atoms with Gasteiger partial charge in [-0.3, -0.25) is 19.3 Å². The van der Waals surface area contributed by atoms with Gasteiger partial charge in [-0.25, -0.2) is 0 Å². The van der Waals surface area contributed by atoms with Crippen molar-refractivity contribution in [3.05, 3.63) is 0 Å². The van der Waals surface area contributed by atoms with Crippen LogP contribution in [-0.2, 0) is 19.1 Å². The Morgan fingerprint density at radius 2 is 1.85 bits per heavy atom. The van der Waals surface area contributed by atoms with Crippen molar-refractivity contribution < 1.29 is 19.1 Å². The lowest BCUT2D eigenvalue weighted by molar-refractivity contribution is -0.156. The van der Waals surface area contributed by atoms with Gasteiger partial charge in [-0.15, -0.1) is 0 Å². The Morgan fingerprint density at radius 1 is 1.30 bits per heavy atom. The maximum atomic E-state index is 12.5. The summed E-state index contributed by atoms with van der Waals surface area (Å²) in [4.78, 5) is 38.2. The van der Waals surface area contributed by atoms with Crippen molar-refractivity contribution in [3.8, 4) is 0 Å². The number of ether oxygens (including phenoxy) is 1. The van der Waals surface area contributed by atoms with Gasteiger partial charge in [0, 0.05) is 5.54 Å². The van der Waals surface area contributed by atoms with Gasteiger partial charge in [-0.05, 0) is 41.0 Å². The minimum absolute atomic E-state index is 0.291. The third-order valence-corrected chi connectivity index (χ3v) is 3.59. The summed E-state index contributed by atoms with van der Waals surface area (Å²) in [7, 11) is 0. The first-order chi connectivity index (χ1) is 9.05. The summed E-state index contributed by atoms with van der Waals surface area (Å²) in [6.45, 7) is 10.9. The Labute approximate surface area is 120 Å². The number of amides is 2. The van der Waals surface area contributed by atoms with Gasteiger partial charge in [0.05, 0.1) is 12.0 Å². The SMILES string of the molecule is CCCCOC(=O)C1C(=O)N(C(C)(C)C)C(=O)C1(C)C. The van der Waals surface area contributed by atoms with Gasteiger partial charge in [0.1, 0.15) is 5.92 Å². The molecule has 0 saturated carbocycles. The van der Waals surface area contributed by atoms with Crippen LogP contribution >= 0.6 is 0 Å². The first-order valence-electron chi connectivity index (χ1n) is 7.10. The Morgan fingerprint density at radius 3 is 2.25 bits per heavy atom. The predicted octanol–water partition coefficient (Wildman–Crippen LogP) is 2.14. The van der Waals surface area contributed by atoms with E-state index in [1.807, 2.05) is 6.92 Å². The monoisotopic (exact) mass is 283 g/mol. The van der Waals surface area contributed by atoms with E-state index < -0.39 is 28.7 Å². The first kappa shape index (κ1) is 16.7. The van der Waals surface area contributed by atoms with Crippen LogP contribution in [0.4, 0.5) is 0 Å². The highest BCUT2D eigenvalue weighted by atomic mass is 16.5. The number of esters is 1. The number of nitrogens with zero attached hydrogens (tertiary/aromatic N) is 1. The second-order valence-electron chi connectivity index (χ2n) is 6.83. The summed E-state index contributed by atoms with van der Waals surface area (Å²) in [6, 6.07) is 0. The van der Waals surface area contributed by atoms with Gasteiger partial charge in [0.25, 0.3) is 0 Å². The van der Waals surface area contributed by atoms with Crippen molar-refractivity contribution in [3.63, 3.8) is 0 Å². The van der Waals surface area contributed by atoms with E-state index in [0.717, 1.165) is 12.8 Å². The molecule has 20 heavy (non-hydrogen) atoms. The average molecular weight is 283 g/mol. The van der Waals surface area contributed by atoms with Gasteiger partial charge >= 0.3 is 5.97 Å². The summed E-state index contributed by atoms with van der Waals surface area (Å²) >= 11 is 0. The fourth-order valence-corrected chi connectivity index (χ4v) is 2.38.